The quantitative estimate of drug-likeness (QED) is 0.883. The second-order valence-electron chi connectivity index (χ2n) is 4.71. The molecule has 0 spiro atoms. The minimum atomic E-state index is -2.93. The van der Waals surface area contributed by atoms with Gasteiger partial charge in [0.25, 0.3) is 0 Å². The lowest BCUT2D eigenvalue weighted by Crippen LogP contribution is -2.46. The van der Waals surface area contributed by atoms with Crippen molar-refractivity contribution >= 4 is 32.8 Å². The molecule has 0 unspecified atom stereocenters. The van der Waals surface area contributed by atoms with Crippen LogP contribution >= 0.6 is 22.9 Å². The highest BCUT2D eigenvalue weighted by Crippen LogP contribution is 2.23. The van der Waals surface area contributed by atoms with E-state index in [2.05, 4.69) is 5.32 Å². The Morgan fingerprint density at radius 3 is 2.67 bits per heavy atom. The van der Waals surface area contributed by atoms with Crippen LogP contribution in [0.2, 0.25) is 5.02 Å². The van der Waals surface area contributed by atoms with Gasteiger partial charge in [-0.2, -0.15) is 0 Å². The van der Waals surface area contributed by atoms with Crippen LogP contribution in [-0.2, 0) is 16.4 Å². The van der Waals surface area contributed by atoms with Crippen molar-refractivity contribution in [2.24, 2.45) is 0 Å². The van der Waals surface area contributed by atoms with E-state index in [1.807, 2.05) is 11.4 Å². The molecule has 1 aliphatic rings. The largest absolute Gasteiger partial charge is 0.388 e. The Balaban J connectivity index is 1.80. The van der Waals surface area contributed by atoms with Gasteiger partial charge < -0.3 is 10.4 Å². The first-order chi connectivity index (χ1) is 8.39. The lowest BCUT2D eigenvalue weighted by molar-refractivity contribution is 0.0304. The number of hydrogen-bond acceptors (Lipinski definition) is 5. The van der Waals surface area contributed by atoms with Gasteiger partial charge in [0.05, 0.1) is 22.1 Å². The number of halogens is 1. The number of aliphatic hydroxyl groups is 1. The number of rotatable bonds is 4. The lowest BCUT2D eigenvalue weighted by Gasteiger charge is -2.32. The molecule has 0 radical (unpaired) electrons. The van der Waals surface area contributed by atoms with Crippen LogP contribution in [-0.4, -0.2) is 37.2 Å². The normalized spacial score (nSPS) is 21.9. The average Bonchev–Trinajstić information content (AvgIpc) is 2.70. The second-order valence-corrected chi connectivity index (χ2v) is 8.45. The van der Waals surface area contributed by atoms with Crippen molar-refractivity contribution in [1.29, 1.82) is 0 Å². The zero-order valence-electron chi connectivity index (χ0n) is 9.86. The molecule has 0 bridgehead atoms. The third-order valence-corrected chi connectivity index (χ3v) is 6.07. The predicted molar refractivity (Wildman–Crippen MR) is 73.9 cm³/mol. The minimum absolute atomic E-state index is 0.0794. The highest BCUT2D eigenvalue weighted by atomic mass is 35.5. The van der Waals surface area contributed by atoms with Gasteiger partial charge in [-0.1, -0.05) is 11.6 Å². The molecule has 2 heterocycles. The van der Waals surface area contributed by atoms with Crippen LogP contribution in [0.1, 0.15) is 17.7 Å². The monoisotopic (exact) mass is 309 g/mol. The van der Waals surface area contributed by atoms with Crippen LogP contribution < -0.4 is 5.32 Å². The molecule has 0 aromatic carbocycles. The van der Waals surface area contributed by atoms with Gasteiger partial charge in [-0.05, 0) is 18.9 Å². The number of hydrogen-bond donors (Lipinski definition) is 2. The van der Waals surface area contributed by atoms with Crippen molar-refractivity contribution in [3.63, 3.8) is 0 Å². The third kappa shape index (κ3) is 3.93. The fourth-order valence-corrected chi connectivity index (χ4v) is 4.59. The Hall–Kier alpha value is -0.140. The summed E-state index contributed by atoms with van der Waals surface area (Å²) in [6.45, 7) is 1.06. The first-order valence-corrected chi connectivity index (χ1v) is 8.83. The van der Waals surface area contributed by atoms with E-state index >= 15 is 0 Å². The number of nitrogens with one attached hydrogen (secondary N) is 1. The Morgan fingerprint density at radius 1 is 1.44 bits per heavy atom. The maximum Gasteiger partial charge on any atom is 0.150 e. The molecule has 18 heavy (non-hydrogen) atoms. The maximum atomic E-state index is 11.3. The summed E-state index contributed by atoms with van der Waals surface area (Å²) in [5.74, 6) is 0.159. The molecular formula is C11H16ClNO3S2. The lowest BCUT2D eigenvalue weighted by atomic mass is 9.97. The molecule has 2 rings (SSSR count). The Bertz CT molecular complexity index is 498. The summed E-state index contributed by atoms with van der Waals surface area (Å²) >= 11 is 7.38. The van der Waals surface area contributed by atoms with Crippen molar-refractivity contribution in [2.75, 3.05) is 18.1 Å². The molecule has 0 amide bonds. The average molecular weight is 310 g/mol. The van der Waals surface area contributed by atoms with Crippen molar-refractivity contribution in [3.8, 4) is 0 Å². The first kappa shape index (κ1) is 14.3. The van der Waals surface area contributed by atoms with E-state index in [0.29, 0.717) is 25.9 Å². The van der Waals surface area contributed by atoms with Gasteiger partial charge in [0.15, 0.2) is 9.84 Å². The number of thiophene rings is 1. The van der Waals surface area contributed by atoms with E-state index in [1.165, 1.54) is 0 Å². The van der Waals surface area contributed by atoms with Crippen molar-refractivity contribution in [1.82, 2.24) is 5.32 Å². The van der Waals surface area contributed by atoms with Gasteiger partial charge in [-0.25, -0.2) is 8.42 Å². The van der Waals surface area contributed by atoms with Gasteiger partial charge in [0.1, 0.15) is 0 Å². The molecule has 102 valence electrons. The van der Waals surface area contributed by atoms with E-state index in [1.54, 1.807) is 11.3 Å². The molecule has 1 fully saturated rings. The smallest absolute Gasteiger partial charge is 0.150 e. The topological polar surface area (TPSA) is 66.4 Å². The highest BCUT2D eigenvalue weighted by Gasteiger charge is 2.34. The van der Waals surface area contributed by atoms with Crippen molar-refractivity contribution in [2.45, 2.75) is 25.0 Å². The second kappa shape index (κ2) is 5.46. The van der Waals surface area contributed by atoms with Crippen LogP contribution in [0, 0.1) is 0 Å². The molecular weight excluding hydrogens is 294 g/mol. The zero-order valence-corrected chi connectivity index (χ0v) is 12.2. The molecule has 1 aromatic rings. The molecule has 1 aromatic heterocycles. The fraction of sp³-hybridized carbons (Fsp3) is 0.636. The van der Waals surface area contributed by atoms with Gasteiger partial charge in [0.2, 0.25) is 0 Å². The van der Waals surface area contributed by atoms with Crippen molar-refractivity contribution in [3.05, 3.63) is 21.3 Å². The number of sulfone groups is 1. The van der Waals surface area contributed by atoms with Gasteiger partial charge in [-0.3, -0.25) is 0 Å². The van der Waals surface area contributed by atoms with E-state index in [-0.39, 0.29) is 11.5 Å². The zero-order chi connectivity index (χ0) is 13.2. The Morgan fingerprint density at radius 2 is 2.11 bits per heavy atom. The first-order valence-electron chi connectivity index (χ1n) is 5.75. The predicted octanol–water partition coefficient (Wildman–Crippen LogP) is 1.43. The summed E-state index contributed by atoms with van der Waals surface area (Å²) in [4.78, 5) is 1.10. The molecule has 0 saturated carbocycles. The van der Waals surface area contributed by atoms with Gasteiger partial charge in [-0.15, -0.1) is 11.3 Å². The van der Waals surface area contributed by atoms with Crippen LogP contribution in [0.25, 0.3) is 0 Å². The van der Waals surface area contributed by atoms with E-state index < -0.39 is 15.4 Å². The molecule has 4 nitrogen and oxygen atoms in total. The SMILES string of the molecule is O=S1(=O)CCC(O)(CNCc2cc(Cl)cs2)CC1. The summed E-state index contributed by atoms with van der Waals surface area (Å²) in [6, 6.07) is 1.88. The summed E-state index contributed by atoms with van der Waals surface area (Å²) in [5.41, 5.74) is -0.896. The standard InChI is InChI=1S/C11H16ClNO3S2/c12-9-5-10(17-7-9)6-13-8-11(14)1-3-18(15,16)4-2-11/h5,7,13-14H,1-4,6,8H2. The van der Waals surface area contributed by atoms with Crippen molar-refractivity contribution < 1.29 is 13.5 Å². The van der Waals surface area contributed by atoms with Crippen LogP contribution in [0.3, 0.4) is 0 Å². The highest BCUT2D eigenvalue weighted by molar-refractivity contribution is 7.91. The molecule has 1 saturated heterocycles. The third-order valence-electron chi connectivity index (χ3n) is 3.13. The minimum Gasteiger partial charge on any atom is -0.388 e. The van der Waals surface area contributed by atoms with Crippen LogP contribution in [0.5, 0.6) is 0 Å². The molecule has 0 atom stereocenters. The van der Waals surface area contributed by atoms with Crippen LogP contribution in [0.4, 0.5) is 0 Å². The van der Waals surface area contributed by atoms with Gasteiger partial charge in [0, 0.05) is 23.3 Å². The van der Waals surface area contributed by atoms with E-state index in [0.717, 1.165) is 9.90 Å². The van der Waals surface area contributed by atoms with E-state index in [4.69, 9.17) is 11.6 Å². The van der Waals surface area contributed by atoms with Crippen LogP contribution in [0.15, 0.2) is 11.4 Å². The molecule has 1 aliphatic heterocycles. The summed E-state index contributed by atoms with van der Waals surface area (Å²) < 4.78 is 22.6. The van der Waals surface area contributed by atoms with E-state index in [9.17, 15) is 13.5 Å². The molecule has 2 N–H and O–H groups in total. The maximum absolute atomic E-state index is 11.3. The van der Waals surface area contributed by atoms with Gasteiger partial charge >= 0.3 is 0 Å². The fourth-order valence-electron chi connectivity index (χ4n) is 1.96. The summed E-state index contributed by atoms with van der Waals surface area (Å²) in [5, 5.41) is 16.0. The summed E-state index contributed by atoms with van der Waals surface area (Å²) in [7, 11) is -2.93. The molecule has 0 aliphatic carbocycles. The molecule has 7 heteroatoms. The summed E-state index contributed by atoms with van der Waals surface area (Å²) in [6.07, 6.45) is 0.626. The Labute approximate surface area is 116 Å². The Kier molecular flexibility index (Phi) is 4.33.